The maximum Gasteiger partial charge on any atom is 0.171 e. The van der Waals surface area contributed by atoms with Gasteiger partial charge in [0, 0.05) is 30.5 Å². The second-order valence-electron chi connectivity index (χ2n) is 7.54. The Morgan fingerprint density at radius 1 is 1.18 bits per heavy atom. The zero-order valence-corrected chi connectivity index (χ0v) is 17.9. The fourth-order valence-electron chi connectivity index (χ4n) is 3.52. The monoisotopic (exact) mass is 397 g/mol. The van der Waals surface area contributed by atoms with Gasteiger partial charge in [-0.3, -0.25) is 0 Å². The van der Waals surface area contributed by atoms with Crippen LogP contribution in [0.4, 0.5) is 11.4 Å². The highest BCUT2D eigenvalue weighted by atomic mass is 32.1. The number of hydrogen-bond donors (Lipinski definition) is 2. The van der Waals surface area contributed by atoms with Crippen molar-refractivity contribution in [2.24, 2.45) is 5.92 Å². The van der Waals surface area contributed by atoms with E-state index in [4.69, 9.17) is 17.0 Å². The minimum absolute atomic E-state index is 0.130. The number of benzene rings is 2. The number of anilines is 2. The lowest BCUT2D eigenvalue weighted by Gasteiger charge is -2.32. The molecule has 150 valence electrons. The molecule has 0 bridgehead atoms. The Bertz CT molecular complexity index is 770. The van der Waals surface area contributed by atoms with Crippen molar-refractivity contribution < 1.29 is 4.74 Å². The van der Waals surface area contributed by atoms with Gasteiger partial charge in [-0.25, -0.2) is 0 Å². The number of thiocarbonyl (C=S) groups is 1. The first-order valence-electron chi connectivity index (χ1n) is 10.2. The minimum atomic E-state index is 0.130. The summed E-state index contributed by atoms with van der Waals surface area (Å²) in [6.45, 7) is 9.41. The van der Waals surface area contributed by atoms with E-state index in [1.54, 1.807) is 0 Å². The topological polar surface area (TPSA) is 36.5 Å². The first-order valence-corrected chi connectivity index (χ1v) is 10.6. The Balaban J connectivity index is 1.54. The van der Waals surface area contributed by atoms with Gasteiger partial charge in [0.05, 0.1) is 12.6 Å². The molecule has 0 amide bonds. The summed E-state index contributed by atoms with van der Waals surface area (Å²) in [7, 11) is 0. The van der Waals surface area contributed by atoms with Gasteiger partial charge in [-0.15, -0.1) is 0 Å². The van der Waals surface area contributed by atoms with E-state index in [2.05, 4.69) is 53.6 Å². The zero-order valence-electron chi connectivity index (χ0n) is 17.1. The predicted octanol–water partition coefficient (Wildman–Crippen LogP) is 5.37. The maximum atomic E-state index is 5.54. The Morgan fingerprint density at radius 2 is 1.89 bits per heavy atom. The van der Waals surface area contributed by atoms with Gasteiger partial charge in [0.2, 0.25) is 0 Å². The molecule has 3 rings (SSSR count). The summed E-state index contributed by atoms with van der Waals surface area (Å²) in [4.78, 5) is 2.49. The SMILES string of the molecule is CCOc1cccc(NC(=S)N[C@@H](C)c2ccc(N3CCC(C)CC3)cc2)c1. The van der Waals surface area contributed by atoms with Crippen molar-refractivity contribution in [2.75, 3.05) is 29.9 Å². The molecule has 0 saturated carbocycles. The summed E-state index contributed by atoms with van der Waals surface area (Å²) in [6, 6.07) is 16.8. The summed E-state index contributed by atoms with van der Waals surface area (Å²) < 4.78 is 5.54. The number of hydrogen-bond acceptors (Lipinski definition) is 3. The largest absolute Gasteiger partial charge is 0.494 e. The van der Waals surface area contributed by atoms with Crippen LogP contribution in [0.3, 0.4) is 0 Å². The van der Waals surface area contributed by atoms with Gasteiger partial charge in [-0.05, 0) is 74.7 Å². The lowest BCUT2D eigenvalue weighted by molar-refractivity contribution is 0.340. The van der Waals surface area contributed by atoms with Crippen LogP contribution in [0.2, 0.25) is 0 Å². The summed E-state index contributed by atoms with van der Waals surface area (Å²) in [5.74, 6) is 1.69. The third-order valence-electron chi connectivity index (χ3n) is 5.29. The van der Waals surface area contributed by atoms with E-state index in [1.807, 2.05) is 31.2 Å². The zero-order chi connectivity index (χ0) is 19.9. The number of ether oxygens (including phenoxy) is 1. The molecule has 2 aromatic carbocycles. The van der Waals surface area contributed by atoms with Crippen LogP contribution in [0.5, 0.6) is 5.75 Å². The predicted molar refractivity (Wildman–Crippen MR) is 122 cm³/mol. The molecule has 0 spiro atoms. The molecule has 0 aliphatic carbocycles. The number of nitrogens with one attached hydrogen (secondary N) is 2. The van der Waals surface area contributed by atoms with Crippen molar-refractivity contribution in [1.29, 1.82) is 0 Å². The second kappa shape index (κ2) is 9.78. The molecule has 1 aliphatic rings. The van der Waals surface area contributed by atoms with E-state index in [-0.39, 0.29) is 6.04 Å². The molecule has 1 heterocycles. The molecular formula is C23H31N3OS. The van der Waals surface area contributed by atoms with Crippen LogP contribution in [0.15, 0.2) is 48.5 Å². The van der Waals surface area contributed by atoms with Crippen LogP contribution in [-0.2, 0) is 0 Å². The van der Waals surface area contributed by atoms with E-state index in [1.165, 1.54) is 24.1 Å². The van der Waals surface area contributed by atoms with E-state index in [0.29, 0.717) is 11.7 Å². The second-order valence-corrected chi connectivity index (χ2v) is 7.95. The number of nitrogens with zero attached hydrogens (tertiary/aromatic N) is 1. The quantitative estimate of drug-likeness (QED) is 0.641. The first kappa shape index (κ1) is 20.5. The lowest BCUT2D eigenvalue weighted by atomic mass is 9.98. The Labute approximate surface area is 174 Å². The molecule has 0 radical (unpaired) electrons. The molecule has 4 nitrogen and oxygen atoms in total. The molecule has 1 atom stereocenters. The van der Waals surface area contributed by atoms with E-state index in [0.717, 1.165) is 30.4 Å². The van der Waals surface area contributed by atoms with Crippen molar-refractivity contribution in [3.63, 3.8) is 0 Å². The van der Waals surface area contributed by atoms with Gasteiger partial charge in [0.1, 0.15) is 5.75 Å². The Morgan fingerprint density at radius 3 is 2.57 bits per heavy atom. The average Bonchev–Trinajstić information content (AvgIpc) is 2.69. The molecule has 28 heavy (non-hydrogen) atoms. The van der Waals surface area contributed by atoms with Gasteiger partial charge in [0.25, 0.3) is 0 Å². The molecule has 1 aliphatic heterocycles. The fraction of sp³-hybridized carbons (Fsp3) is 0.435. The number of piperidine rings is 1. The summed E-state index contributed by atoms with van der Waals surface area (Å²) in [6.07, 6.45) is 2.56. The molecule has 2 aromatic rings. The van der Waals surface area contributed by atoms with Crippen molar-refractivity contribution in [3.05, 3.63) is 54.1 Å². The molecule has 0 unspecified atom stereocenters. The van der Waals surface area contributed by atoms with E-state index >= 15 is 0 Å². The van der Waals surface area contributed by atoms with E-state index in [9.17, 15) is 0 Å². The van der Waals surface area contributed by atoms with Crippen LogP contribution < -0.4 is 20.3 Å². The molecule has 0 aromatic heterocycles. The third-order valence-corrected chi connectivity index (χ3v) is 5.51. The molecule has 5 heteroatoms. The standard InChI is InChI=1S/C23H31N3OS/c1-4-27-22-7-5-6-20(16-22)25-23(28)24-18(3)19-8-10-21(11-9-19)26-14-12-17(2)13-15-26/h5-11,16-18H,4,12-15H2,1-3H3,(H2,24,25,28)/t18-/m0/s1. The van der Waals surface area contributed by atoms with Crippen molar-refractivity contribution in [1.82, 2.24) is 5.32 Å². The van der Waals surface area contributed by atoms with Gasteiger partial charge in [-0.1, -0.05) is 25.1 Å². The third kappa shape index (κ3) is 5.61. The Hall–Kier alpha value is -2.27. The van der Waals surface area contributed by atoms with Gasteiger partial charge >= 0.3 is 0 Å². The summed E-state index contributed by atoms with van der Waals surface area (Å²) in [5, 5.41) is 7.21. The number of rotatable bonds is 6. The summed E-state index contributed by atoms with van der Waals surface area (Å²) in [5.41, 5.74) is 3.46. The highest BCUT2D eigenvalue weighted by molar-refractivity contribution is 7.80. The molecular weight excluding hydrogens is 366 g/mol. The van der Waals surface area contributed by atoms with Gasteiger partial charge < -0.3 is 20.3 Å². The van der Waals surface area contributed by atoms with Crippen LogP contribution in [0, 0.1) is 5.92 Å². The molecule has 2 N–H and O–H groups in total. The lowest BCUT2D eigenvalue weighted by Crippen LogP contribution is -2.33. The van der Waals surface area contributed by atoms with Crippen LogP contribution in [0.25, 0.3) is 0 Å². The van der Waals surface area contributed by atoms with Crippen LogP contribution in [-0.4, -0.2) is 24.8 Å². The van der Waals surface area contributed by atoms with Gasteiger partial charge in [-0.2, -0.15) is 0 Å². The van der Waals surface area contributed by atoms with Crippen LogP contribution >= 0.6 is 12.2 Å². The van der Waals surface area contributed by atoms with Crippen molar-refractivity contribution >= 4 is 28.7 Å². The molecule has 1 fully saturated rings. The normalized spacial score (nSPS) is 15.8. The first-order chi connectivity index (χ1) is 13.5. The summed E-state index contributed by atoms with van der Waals surface area (Å²) >= 11 is 5.49. The van der Waals surface area contributed by atoms with Crippen molar-refractivity contribution in [2.45, 2.75) is 39.7 Å². The highest BCUT2D eigenvalue weighted by Gasteiger charge is 2.16. The van der Waals surface area contributed by atoms with Crippen molar-refractivity contribution in [3.8, 4) is 5.75 Å². The van der Waals surface area contributed by atoms with E-state index < -0.39 is 0 Å². The Kier molecular flexibility index (Phi) is 7.15. The smallest absolute Gasteiger partial charge is 0.171 e. The molecule has 1 saturated heterocycles. The maximum absolute atomic E-state index is 5.54. The minimum Gasteiger partial charge on any atom is -0.494 e. The highest BCUT2D eigenvalue weighted by Crippen LogP contribution is 2.25. The van der Waals surface area contributed by atoms with Crippen LogP contribution in [0.1, 0.15) is 45.2 Å². The van der Waals surface area contributed by atoms with Gasteiger partial charge in [0.15, 0.2) is 5.11 Å². The average molecular weight is 398 g/mol. The fourth-order valence-corrected chi connectivity index (χ4v) is 3.81.